The van der Waals surface area contributed by atoms with Gasteiger partial charge in [0, 0.05) is 0 Å². The van der Waals surface area contributed by atoms with Crippen molar-refractivity contribution in [3.63, 3.8) is 0 Å². The molecule has 0 unspecified atom stereocenters. The molecule has 1 aliphatic carbocycles. The SMILES string of the molecule is C1=CC2=Cc3cccc(n3)-c3cccc(n3)C=C3C=CC(=N3)C=C1CC2. The summed E-state index contributed by atoms with van der Waals surface area (Å²) < 4.78 is 0. The van der Waals surface area contributed by atoms with E-state index in [-0.39, 0.29) is 0 Å². The fourth-order valence-corrected chi connectivity index (χ4v) is 3.35. The maximum Gasteiger partial charge on any atom is 0.0893 e. The summed E-state index contributed by atoms with van der Waals surface area (Å²) in [7, 11) is 0. The Balaban J connectivity index is 1.71. The first-order valence-electron chi connectivity index (χ1n) is 8.84. The highest BCUT2D eigenvalue weighted by atomic mass is 14.8. The molecule has 0 saturated heterocycles. The molecule has 26 heavy (non-hydrogen) atoms. The number of aromatic nitrogens is 2. The van der Waals surface area contributed by atoms with E-state index in [9.17, 15) is 0 Å². The molecule has 0 amide bonds. The summed E-state index contributed by atoms with van der Waals surface area (Å²) in [6, 6.07) is 12.1. The lowest BCUT2D eigenvalue weighted by Crippen LogP contribution is -1.96. The van der Waals surface area contributed by atoms with Gasteiger partial charge in [0.2, 0.25) is 0 Å². The number of hydrogen-bond acceptors (Lipinski definition) is 3. The average Bonchev–Trinajstić information content (AvgIpc) is 3.10. The molecule has 0 spiro atoms. The van der Waals surface area contributed by atoms with Crippen LogP contribution in [0.4, 0.5) is 0 Å². The van der Waals surface area contributed by atoms with Crippen LogP contribution < -0.4 is 0 Å². The van der Waals surface area contributed by atoms with Gasteiger partial charge < -0.3 is 0 Å². The summed E-state index contributed by atoms with van der Waals surface area (Å²) in [6.07, 6.45) is 16.8. The first-order valence-corrected chi connectivity index (χ1v) is 8.84. The monoisotopic (exact) mass is 335 g/mol. The second-order valence-corrected chi connectivity index (χ2v) is 6.61. The predicted molar refractivity (Wildman–Crippen MR) is 106 cm³/mol. The van der Waals surface area contributed by atoms with E-state index in [1.54, 1.807) is 0 Å². The maximum atomic E-state index is 4.79. The highest BCUT2D eigenvalue weighted by molar-refractivity contribution is 6.08. The van der Waals surface area contributed by atoms with Crippen molar-refractivity contribution in [1.29, 1.82) is 0 Å². The molecule has 0 atom stereocenters. The Labute approximate surface area is 152 Å². The molecule has 6 rings (SSSR count). The summed E-state index contributed by atoms with van der Waals surface area (Å²) in [5.41, 5.74) is 8.15. The van der Waals surface area contributed by atoms with Gasteiger partial charge in [-0.15, -0.1) is 0 Å². The third-order valence-corrected chi connectivity index (χ3v) is 4.66. The topological polar surface area (TPSA) is 38.1 Å². The number of rotatable bonds is 0. The Morgan fingerprint density at radius 3 is 1.96 bits per heavy atom. The number of fused-ring (bicyclic) bond motifs is 1. The zero-order valence-electron chi connectivity index (χ0n) is 14.3. The second-order valence-electron chi connectivity index (χ2n) is 6.61. The summed E-state index contributed by atoms with van der Waals surface area (Å²) in [5, 5.41) is 0. The third kappa shape index (κ3) is 3.00. The molecule has 0 radical (unpaired) electrons. The van der Waals surface area contributed by atoms with Gasteiger partial charge in [-0.2, -0.15) is 0 Å². The molecule has 3 aliphatic heterocycles. The molecular weight excluding hydrogens is 318 g/mol. The molecule has 2 aromatic rings. The van der Waals surface area contributed by atoms with E-state index >= 15 is 0 Å². The van der Waals surface area contributed by atoms with E-state index in [0.717, 1.165) is 47.0 Å². The van der Waals surface area contributed by atoms with Crippen LogP contribution in [0.3, 0.4) is 0 Å². The van der Waals surface area contributed by atoms with Gasteiger partial charge in [-0.1, -0.05) is 24.3 Å². The van der Waals surface area contributed by atoms with Gasteiger partial charge in [0.15, 0.2) is 0 Å². The fraction of sp³-hybridized carbons (Fsp3) is 0.0870. The molecule has 0 fully saturated rings. The zero-order chi connectivity index (χ0) is 17.3. The molecule has 0 aromatic carbocycles. The van der Waals surface area contributed by atoms with Crippen molar-refractivity contribution in [2.24, 2.45) is 4.99 Å². The van der Waals surface area contributed by atoms with E-state index in [1.165, 1.54) is 11.1 Å². The highest BCUT2D eigenvalue weighted by Gasteiger charge is 2.10. The molecule has 8 bridgehead atoms. The molecule has 3 heteroatoms. The number of pyridine rings is 2. The van der Waals surface area contributed by atoms with Crippen LogP contribution in [0.15, 0.2) is 88.6 Å². The van der Waals surface area contributed by atoms with E-state index in [2.05, 4.69) is 30.4 Å². The Morgan fingerprint density at radius 2 is 1.27 bits per heavy atom. The van der Waals surface area contributed by atoms with Gasteiger partial charge in [0.25, 0.3) is 0 Å². The summed E-state index contributed by atoms with van der Waals surface area (Å²) in [6.45, 7) is 0. The van der Waals surface area contributed by atoms with Gasteiger partial charge in [-0.25, -0.2) is 15.0 Å². The Hall–Kier alpha value is -3.33. The van der Waals surface area contributed by atoms with Crippen molar-refractivity contribution < 1.29 is 0 Å². The fourth-order valence-electron chi connectivity index (χ4n) is 3.35. The molecule has 5 heterocycles. The maximum absolute atomic E-state index is 4.79. The molecule has 3 nitrogen and oxygen atoms in total. The quantitative estimate of drug-likeness (QED) is 0.666. The largest absolute Gasteiger partial charge is 0.249 e. The third-order valence-electron chi connectivity index (χ3n) is 4.66. The molecular formula is C23H17N3. The van der Waals surface area contributed by atoms with E-state index in [1.807, 2.05) is 48.6 Å². The number of aliphatic imine (C=N–C) groups is 1. The van der Waals surface area contributed by atoms with Gasteiger partial charge in [0.1, 0.15) is 0 Å². The molecule has 0 N–H and O–H groups in total. The lowest BCUT2D eigenvalue weighted by Gasteiger charge is -2.11. The van der Waals surface area contributed by atoms with Crippen molar-refractivity contribution >= 4 is 17.9 Å². The number of allylic oxidation sites excluding steroid dienone is 7. The van der Waals surface area contributed by atoms with Gasteiger partial charge in [-0.3, -0.25) is 0 Å². The smallest absolute Gasteiger partial charge is 0.0893 e. The van der Waals surface area contributed by atoms with Crippen molar-refractivity contribution in [1.82, 2.24) is 9.97 Å². The lowest BCUT2D eigenvalue weighted by atomic mass is 9.95. The van der Waals surface area contributed by atoms with Gasteiger partial charge in [0.05, 0.1) is 34.2 Å². The average molecular weight is 335 g/mol. The van der Waals surface area contributed by atoms with Crippen molar-refractivity contribution in [3.05, 3.63) is 95.0 Å². The first kappa shape index (κ1) is 15.0. The Bertz CT molecular complexity index is 1080. The summed E-state index contributed by atoms with van der Waals surface area (Å²) in [4.78, 5) is 14.2. The van der Waals surface area contributed by atoms with Crippen molar-refractivity contribution in [2.75, 3.05) is 0 Å². The normalized spacial score (nSPS) is 17.5. The molecule has 2 aromatic heterocycles. The number of hydrogen-bond donors (Lipinski definition) is 0. The van der Waals surface area contributed by atoms with Crippen LogP contribution in [-0.4, -0.2) is 15.7 Å². The van der Waals surface area contributed by atoms with Crippen LogP contribution in [0, 0.1) is 0 Å². The van der Waals surface area contributed by atoms with E-state index in [0.29, 0.717) is 0 Å². The molecule has 4 aliphatic rings. The lowest BCUT2D eigenvalue weighted by molar-refractivity contribution is 0.953. The highest BCUT2D eigenvalue weighted by Crippen LogP contribution is 2.25. The van der Waals surface area contributed by atoms with Crippen LogP contribution in [0.25, 0.3) is 23.5 Å². The van der Waals surface area contributed by atoms with Crippen LogP contribution >= 0.6 is 0 Å². The van der Waals surface area contributed by atoms with Crippen molar-refractivity contribution in [3.8, 4) is 11.4 Å². The first-order chi connectivity index (χ1) is 12.8. The minimum absolute atomic E-state index is 0.874. The number of nitrogens with zero attached hydrogens (tertiary/aromatic N) is 3. The minimum atomic E-state index is 0.874. The summed E-state index contributed by atoms with van der Waals surface area (Å²) in [5.74, 6) is 0. The Morgan fingerprint density at radius 1 is 0.615 bits per heavy atom. The van der Waals surface area contributed by atoms with E-state index in [4.69, 9.17) is 15.0 Å². The predicted octanol–water partition coefficient (Wildman–Crippen LogP) is 5.17. The van der Waals surface area contributed by atoms with Crippen LogP contribution in [0.2, 0.25) is 0 Å². The minimum Gasteiger partial charge on any atom is -0.249 e. The Kier molecular flexibility index (Phi) is 3.56. The second kappa shape index (κ2) is 6.19. The van der Waals surface area contributed by atoms with Gasteiger partial charge >= 0.3 is 0 Å². The molecule has 124 valence electrons. The van der Waals surface area contributed by atoms with Crippen LogP contribution in [0.5, 0.6) is 0 Å². The van der Waals surface area contributed by atoms with Crippen LogP contribution in [-0.2, 0) is 0 Å². The molecule has 0 saturated carbocycles. The van der Waals surface area contributed by atoms with Crippen molar-refractivity contribution in [2.45, 2.75) is 12.8 Å². The zero-order valence-corrected chi connectivity index (χ0v) is 14.3. The standard InChI is InChI=1S/C23H17N3/c1-3-18-13-16-7-9-17(10-8-16)14-20-11-12-21(24-20)15-19-4-2-6-23(26-19)22(5-1)25-18/h1-7,9,11-15H,8,10H2. The van der Waals surface area contributed by atoms with E-state index < -0.39 is 0 Å². The summed E-state index contributed by atoms with van der Waals surface area (Å²) >= 11 is 0. The van der Waals surface area contributed by atoms with Gasteiger partial charge in [-0.05, 0) is 78.6 Å². The van der Waals surface area contributed by atoms with Crippen LogP contribution in [0.1, 0.15) is 24.2 Å².